The summed E-state index contributed by atoms with van der Waals surface area (Å²) < 4.78 is 42.5. The molecule has 2 heterocycles. The van der Waals surface area contributed by atoms with Crippen LogP contribution in [0.15, 0.2) is 42.5 Å². The molecular formula is C18H18N2O6S. The average molecular weight is 390 g/mol. The fourth-order valence-corrected chi connectivity index (χ4v) is 4.08. The Morgan fingerprint density at radius 1 is 1.15 bits per heavy atom. The zero-order valence-corrected chi connectivity index (χ0v) is 15.4. The number of sulfonamides is 1. The van der Waals surface area contributed by atoms with Gasteiger partial charge in [0.15, 0.2) is 17.6 Å². The number of fused-ring (bicyclic) bond motifs is 2. The molecule has 1 N–H and O–H groups in total. The second kappa shape index (κ2) is 6.66. The largest absolute Gasteiger partial charge is 0.476 e. The minimum Gasteiger partial charge on any atom is -0.476 e. The number of ether oxygens (including phenoxy) is 3. The normalized spacial score (nSPS) is 17.8. The van der Waals surface area contributed by atoms with Crippen LogP contribution in [0.2, 0.25) is 0 Å². The summed E-state index contributed by atoms with van der Waals surface area (Å²) in [5.41, 5.74) is 0.947. The fraction of sp³-hybridized carbons (Fsp3) is 0.278. The van der Waals surface area contributed by atoms with Crippen LogP contribution < -0.4 is 23.8 Å². The van der Waals surface area contributed by atoms with Gasteiger partial charge in [0.2, 0.25) is 16.8 Å². The van der Waals surface area contributed by atoms with Gasteiger partial charge in [-0.25, -0.2) is 8.42 Å². The number of para-hydroxylation sites is 2. The van der Waals surface area contributed by atoms with E-state index in [0.717, 1.165) is 0 Å². The summed E-state index contributed by atoms with van der Waals surface area (Å²) in [4.78, 5) is 12.7. The first kappa shape index (κ1) is 17.5. The molecule has 8 nitrogen and oxygen atoms in total. The topological polar surface area (TPSA) is 94.2 Å². The van der Waals surface area contributed by atoms with Crippen molar-refractivity contribution in [2.75, 3.05) is 28.7 Å². The van der Waals surface area contributed by atoms with Crippen molar-refractivity contribution >= 4 is 27.3 Å². The number of benzene rings is 2. The molecule has 27 heavy (non-hydrogen) atoms. The lowest BCUT2D eigenvalue weighted by Crippen LogP contribution is -2.49. The van der Waals surface area contributed by atoms with Crippen LogP contribution in [0.1, 0.15) is 6.92 Å². The van der Waals surface area contributed by atoms with E-state index in [9.17, 15) is 13.2 Å². The van der Waals surface area contributed by atoms with E-state index in [1.807, 2.05) is 0 Å². The predicted molar refractivity (Wildman–Crippen MR) is 98.9 cm³/mol. The molecule has 0 radical (unpaired) electrons. The van der Waals surface area contributed by atoms with Crippen molar-refractivity contribution in [2.45, 2.75) is 13.0 Å². The number of amides is 1. The molecule has 2 aliphatic heterocycles. The zero-order chi connectivity index (χ0) is 19.0. The number of rotatable bonds is 4. The Kier molecular flexibility index (Phi) is 4.31. The molecule has 2 aromatic rings. The van der Waals surface area contributed by atoms with Crippen LogP contribution in [0.3, 0.4) is 0 Å². The van der Waals surface area contributed by atoms with Crippen molar-refractivity contribution in [3.63, 3.8) is 0 Å². The van der Waals surface area contributed by atoms with Crippen LogP contribution in [-0.4, -0.2) is 39.5 Å². The fourth-order valence-electron chi connectivity index (χ4n) is 2.96. The third kappa shape index (κ3) is 3.25. The molecule has 142 valence electrons. The molecule has 0 spiro atoms. The van der Waals surface area contributed by atoms with Crippen molar-refractivity contribution < 1.29 is 27.4 Å². The molecule has 1 atom stereocenters. The Labute approximate surface area is 156 Å². The van der Waals surface area contributed by atoms with Gasteiger partial charge in [-0.3, -0.25) is 9.10 Å². The molecule has 0 aromatic heterocycles. The highest BCUT2D eigenvalue weighted by Gasteiger charge is 2.36. The minimum atomic E-state index is -3.55. The van der Waals surface area contributed by atoms with Gasteiger partial charge in [-0.1, -0.05) is 12.1 Å². The molecule has 0 unspecified atom stereocenters. The maximum Gasteiger partial charge on any atom is 0.267 e. The Balaban J connectivity index is 1.58. The van der Waals surface area contributed by atoms with Crippen LogP contribution in [0.25, 0.3) is 0 Å². The van der Waals surface area contributed by atoms with Gasteiger partial charge < -0.3 is 19.5 Å². The molecule has 0 saturated heterocycles. The van der Waals surface area contributed by atoms with Crippen LogP contribution in [0, 0.1) is 0 Å². The first-order valence-corrected chi connectivity index (χ1v) is 10.1. The van der Waals surface area contributed by atoms with Crippen LogP contribution in [0.5, 0.6) is 17.2 Å². The van der Waals surface area contributed by atoms with Gasteiger partial charge in [0, 0.05) is 11.8 Å². The van der Waals surface area contributed by atoms with Gasteiger partial charge in [-0.05, 0) is 31.2 Å². The zero-order valence-electron chi connectivity index (χ0n) is 14.5. The van der Waals surface area contributed by atoms with E-state index >= 15 is 0 Å². The monoisotopic (exact) mass is 390 g/mol. The van der Waals surface area contributed by atoms with Gasteiger partial charge in [-0.15, -0.1) is 0 Å². The van der Waals surface area contributed by atoms with Gasteiger partial charge in [0.05, 0.1) is 18.0 Å². The Hall–Kier alpha value is -2.94. The second-order valence-electron chi connectivity index (χ2n) is 6.06. The third-order valence-electron chi connectivity index (χ3n) is 4.37. The second-order valence-corrected chi connectivity index (χ2v) is 8.25. The number of hydrogen-bond acceptors (Lipinski definition) is 6. The summed E-state index contributed by atoms with van der Waals surface area (Å²) in [5.74, 6) is 0.984. The first-order valence-electron chi connectivity index (χ1n) is 8.44. The lowest BCUT2D eigenvalue weighted by molar-refractivity contribution is -0.122. The molecule has 2 aromatic carbocycles. The Bertz CT molecular complexity index is 991. The number of nitrogens with one attached hydrogen (secondary N) is 1. The van der Waals surface area contributed by atoms with Crippen molar-refractivity contribution in [3.8, 4) is 17.2 Å². The maximum absolute atomic E-state index is 12.7. The average Bonchev–Trinajstić information content (AvgIpc) is 3.14. The van der Waals surface area contributed by atoms with E-state index in [2.05, 4.69) is 5.32 Å². The van der Waals surface area contributed by atoms with Crippen LogP contribution in [-0.2, 0) is 14.8 Å². The van der Waals surface area contributed by atoms with E-state index in [1.165, 1.54) is 4.31 Å². The Morgan fingerprint density at radius 2 is 1.93 bits per heavy atom. The summed E-state index contributed by atoms with van der Waals surface area (Å²) in [6.07, 6.45) is -0.980. The molecule has 9 heteroatoms. The molecule has 0 bridgehead atoms. The summed E-state index contributed by atoms with van der Waals surface area (Å²) in [5, 5.41) is 2.74. The number of hydrogen-bond donors (Lipinski definition) is 1. The van der Waals surface area contributed by atoms with Gasteiger partial charge >= 0.3 is 0 Å². The number of carbonyl (C=O) groups is 1. The van der Waals surface area contributed by atoms with Gasteiger partial charge in [-0.2, -0.15) is 0 Å². The van der Waals surface area contributed by atoms with E-state index < -0.39 is 22.0 Å². The van der Waals surface area contributed by atoms with Crippen molar-refractivity contribution in [1.82, 2.24) is 0 Å². The SMILES string of the molecule is CCS(=O)(=O)N1C[C@H](C(=O)Nc2ccc3c(c2)OCO3)Oc2ccccc21. The lowest BCUT2D eigenvalue weighted by atomic mass is 10.2. The summed E-state index contributed by atoms with van der Waals surface area (Å²) in [6, 6.07) is 11.8. The molecular weight excluding hydrogens is 372 g/mol. The first-order chi connectivity index (χ1) is 13.0. The van der Waals surface area contributed by atoms with Crippen molar-refractivity contribution in [1.29, 1.82) is 0 Å². The van der Waals surface area contributed by atoms with E-state index in [4.69, 9.17) is 14.2 Å². The van der Waals surface area contributed by atoms with Crippen LogP contribution in [0.4, 0.5) is 11.4 Å². The molecule has 1 amide bonds. The highest BCUT2D eigenvalue weighted by molar-refractivity contribution is 7.92. The molecule has 0 saturated carbocycles. The van der Waals surface area contributed by atoms with Crippen molar-refractivity contribution in [3.05, 3.63) is 42.5 Å². The quantitative estimate of drug-likeness (QED) is 0.858. The van der Waals surface area contributed by atoms with Gasteiger partial charge in [0.1, 0.15) is 5.75 Å². The maximum atomic E-state index is 12.7. The third-order valence-corrected chi connectivity index (χ3v) is 6.11. The Morgan fingerprint density at radius 3 is 2.74 bits per heavy atom. The van der Waals surface area contributed by atoms with Crippen molar-refractivity contribution in [2.24, 2.45) is 0 Å². The lowest BCUT2D eigenvalue weighted by Gasteiger charge is -2.34. The summed E-state index contributed by atoms with van der Waals surface area (Å²) in [6.45, 7) is 1.61. The molecule has 0 aliphatic carbocycles. The van der Waals surface area contributed by atoms with E-state index in [0.29, 0.717) is 28.6 Å². The highest BCUT2D eigenvalue weighted by atomic mass is 32.2. The smallest absolute Gasteiger partial charge is 0.267 e. The number of carbonyl (C=O) groups excluding carboxylic acids is 1. The standard InChI is InChI=1S/C18H18N2O6S/c1-2-27(22,23)20-10-17(26-14-6-4-3-5-13(14)20)18(21)19-12-7-8-15-16(9-12)25-11-24-15/h3-9,17H,2,10-11H2,1H3,(H,19,21)/t17-/m1/s1. The number of anilines is 2. The highest BCUT2D eigenvalue weighted by Crippen LogP contribution is 2.36. The van der Waals surface area contributed by atoms with E-state index in [-0.39, 0.29) is 19.1 Å². The van der Waals surface area contributed by atoms with Gasteiger partial charge in [0.25, 0.3) is 5.91 Å². The number of nitrogens with zero attached hydrogens (tertiary/aromatic N) is 1. The molecule has 0 fully saturated rings. The summed E-state index contributed by atoms with van der Waals surface area (Å²) in [7, 11) is -3.55. The van der Waals surface area contributed by atoms with Crippen LogP contribution >= 0.6 is 0 Å². The molecule has 4 rings (SSSR count). The van der Waals surface area contributed by atoms with E-state index in [1.54, 1.807) is 49.4 Å². The minimum absolute atomic E-state index is 0.0716. The summed E-state index contributed by atoms with van der Waals surface area (Å²) >= 11 is 0. The predicted octanol–water partition coefficient (Wildman–Crippen LogP) is 1.97. The molecule has 2 aliphatic rings.